The highest BCUT2D eigenvalue weighted by molar-refractivity contribution is 8.01. The molecule has 1 N–H and O–H groups in total. The van der Waals surface area contributed by atoms with Crippen molar-refractivity contribution in [2.75, 3.05) is 12.4 Å². The van der Waals surface area contributed by atoms with Gasteiger partial charge in [-0.25, -0.2) is 11.0 Å². The Balaban J connectivity index is 1.86. The van der Waals surface area contributed by atoms with Gasteiger partial charge in [0.15, 0.2) is 0 Å². The van der Waals surface area contributed by atoms with Gasteiger partial charge in [0, 0.05) is 0 Å². The number of methoxy groups -OCH3 is 1. The molecular formula is C21H16FN3O2S. The minimum Gasteiger partial charge on any atom is -0.497 e. The summed E-state index contributed by atoms with van der Waals surface area (Å²) in [5.41, 5.74) is 2.21. The first-order valence-corrected chi connectivity index (χ1v) is 9.30. The van der Waals surface area contributed by atoms with Crippen LogP contribution in [-0.2, 0) is 4.79 Å². The van der Waals surface area contributed by atoms with Crippen LogP contribution in [0.5, 0.6) is 5.75 Å². The molecule has 0 spiro atoms. The van der Waals surface area contributed by atoms with E-state index in [2.05, 4.69) is 16.2 Å². The van der Waals surface area contributed by atoms with E-state index in [1.54, 1.807) is 32.2 Å². The maximum atomic E-state index is 14.6. The third-order valence-electron chi connectivity index (χ3n) is 4.43. The van der Waals surface area contributed by atoms with Gasteiger partial charge in [0.2, 0.25) is 0 Å². The van der Waals surface area contributed by atoms with Gasteiger partial charge in [-0.2, -0.15) is 5.26 Å². The van der Waals surface area contributed by atoms with E-state index in [1.807, 2.05) is 12.1 Å². The molecule has 1 heterocycles. The van der Waals surface area contributed by atoms with E-state index in [4.69, 9.17) is 16.6 Å². The van der Waals surface area contributed by atoms with Crippen molar-refractivity contribution in [1.29, 1.82) is 5.26 Å². The summed E-state index contributed by atoms with van der Waals surface area (Å²) >= 11 is 1.12. The minimum atomic E-state index is -0.760. The maximum Gasteiger partial charge on any atom is 0.301 e. The van der Waals surface area contributed by atoms with Gasteiger partial charge >= 0.3 is 5.37 Å². The lowest BCUT2D eigenvalue weighted by atomic mass is 10.0. The number of nitriles is 1. The van der Waals surface area contributed by atoms with Crippen LogP contribution >= 0.6 is 11.8 Å². The number of benzene rings is 2. The van der Waals surface area contributed by atoms with Crippen molar-refractivity contribution >= 4 is 23.4 Å². The lowest BCUT2D eigenvalue weighted by Crippen LogP contribution is -2.20. The van der Waals surface area contributed by atoms with Crippen LogP contribution in [0.4, 0.5) is 10.1 Å². The third kappa shape index (κ3) is 3.71. The topological polar surface area (TPSA) is 66.5 Å². The van der Waals surface area contributed by atoms with Crippen LogP contribution in [0.25, 0.3) is 16.0 Å². The Morgan fingerprint density at radius 2 is 2.07 bits per heavy atom. The molecule has 0 fully saturated rings. The fourth-order valence-electron chi connectivity index (χ4n) is 2.94. The second-order valence-corrected chi connectivity index (χ2v) is 7.29. The molecule has 140 valence electrons. The molecule has 2 unspecified atom stereocenters. The lowest BCUT2D eigenvalue weighted by molar-refractivity contribution is -0.112. The number of carbonyl (C=O) groups is 1. The van der Waals surface area contributed by atoms with Crippen molar-refractivity contribution in [3.05, 3.63) is 70.8 Å². The number of anilines is 1. The van der Waals surface area contributed by atoms with E-state index in [9.17, 15) is 9.18 Å². The molecule has 2 aromatic rings. The summed E-state index contributed by atoms with van der Waals surface area (Å²) in [5, 5.41) is 10.4. The molecule has 7 heteroatoms. The zero-order chi connectivity index (χ0) is 20.3. The summed E-state index contributed by atoms with van der Waals surface area (Å²) in [6, 6.07) is 13.8. The Bertz CT molecular complexity index is 1050. The second-order valence-electron chi connectivity index (χ2n) is 6.10. The summed E-state index contributed by atoms with van der Waals surface area (Å²) in [4.78, 5) is 16.0. The molecule has 1 aliphatic heterocycles. The van der Waals surface area contributed by atoms with E-state index >= 15 is 0 Å². The Kier molecular flexibility index (Phi) is 5.67. The fourth-order valence-corrected chi connectivity index (χ4v) is 4.08. The minimum absolute atomic E-state index is 0.0195. The van der Waals surface area contributed by atoms with E-state index in [-0.39, 0.29) is 11.3 Å². The van der Waals surface area contributed by atoms with Crippen LogP contribution in [0.1, 0.15) is 6.92 Å². The monoisotopic (exact) mass is 393 g/mol. The zero-order valence-corrected chi connectivity index (χ0v) is 16.0. The molecule has 0 bridgehead atoms. The molecule has 1 amide bonds. The number of carbonyl (C=O) groups excluding carboxylic acids is 1. The average molecular weight is 393 g/mol. The second kappa shape index (κ2) is 8.16. The Labute approximate surface area is 166 Å². The Morgan fingerprint density at radius 3 is 2.71 bits per heavy atom. The van der Waals surface area contributed by atoms with Crippen molar-refractivity contribution in [2.45, 2.75) is 17.5 Å². The number of nitrogens with zero attached hydrogens (tertiary/aromatic N) is 2. The van der Waals surface area contributed by atoms with Gasteiger partial charge in [-0.3, -0.25) is 9.64 Å². The number of amides is 1. The number of ether oxygens (including phenoxy) is 1. The van der Waals surface area contributed by atoms with Gasteiger partial charge in [-0.15, -0.1) is 0 Å². The SMILES string of the molecule is [C-]#[N+]C1SC(C#N)C(C)=C1C(=O)Nc1ccc(-c2cccc(OC)c2)cc1F. The number of rotatable bonds is 4. The summed E-state index contributed by atoms with van der Waals surface area (Å²) in [7, 11) is 1.56. The van der Waals surface area contributed by atoms with E-state index in [1.165, 1.54) is 12.1 Å². The highest BCUT2D eigenvalue weighted by Crippen LogP contribution is 2.40. The molecular weight excluding hydrogens is 377 g/mol. The van der Waals surface area contributed by atoms with E-state index < -0.39 is 22.3 Å². The Morgan fingerprint density at radius 1 is 1.32 bits per heavy atom. The van der Waals surface area contributed by atoms with Crippen LogP contribution in [0, 0.1) is 23.7 Å². The van der Waals surface area contributed by atoms with Gasteiger partial charge in [0.25, 0.3) is 5.91 Å². The smallest absolute Gasteiger partial charge is 0.301 e. The zero-order valence-electron chi connectivity index (χ0n) is 15.2. The molecule has 0 radical (unpaired) electrons. The normalized spacial score (nSPS) is 18.3. The highest BCUT2D eigenvalue weighted by atomic mass is 32.2. The van der Waals surface area contributed by atoms with Gasteiger partial charge in [0.1, 0.15) is 22.4 Å². The molecule has 3 rings (SSSR count). The molecule has 0 aliphatic carbocycles. The fraction of sp³-hybridized carbons (Fsp3) is 0.190. The summed E-state index contributed by atoms with van der Waals surface area (Å²) < 4.78 is 19.8. The highest BCUT2D eigenvalue weighted by Gasteiger charge is 2.40. The average Bonchev–Trinajstić information content (AvgIpc) is 3.05. The van der Waals surface area contributed by atoms with Crippen LogP contribution in [0.2, 0.25) is 0 Å². The number of nitrogens with one attached hydrogen (secondary N) is 1. The number of hydrogen-bond donors (Lipinski definition) is 1. The first-order valence-electron chi connectivity index (χ1n) is 8.36. The van der Waals surface area contributed by atoms with Crippen molar-refractivity contribution in [2.24, 2.45) is 0 Å². The van der Waals surface area contributed by atoms with Crippen LogP contribution in [-0.4, -0.2) is 23.6 Å². The summed E-state index contributed by atoms with van der Waals surface area (Å²) in [6.07, 6.45) is 0. The van der Waals surface area contributed by atoms with Gasteiger partial charge in [0.05, 0.1) is 18.9 Å². The first kappa shape index (κ1) is 19.5. The van der Waals surface area contributed by atoms with Crippen molar-refractivity contribution in [3.63, 3.8) is 0 Å². The van der Waals surface area contributed by atoms with Crippen LogP contribution in [0.3, 0.4) is 0 Å². The molecule has 0 aromatic heterocycles. The molecule has 0 saturated carbocycles. The molecule has 5 nitrogen and oxygen atoms in total. The summed E-state index contributed by atoms with van der Waals surface area (Å²) in [6.45, 7) is 8.91. The third-order valence-corrected chi connectivity index (χ3v) is 5.76. The molecule has 2 atom stereocenters. The predicted octanol–water partition coefficient (Wildman–Crippen LogP) is 4.64. The number of hydrogen-bond acceptors (Lipinski definition) is 4. The van der Waals surface area contributed by atoms with Crippen LogP contribution < -0.4 is 10.1 Å². The van der Waals surface area contributed by atoms with Gasteiger partial charge in [-0.1, -0.05) is 18.2 Å². The summed E-state index contributed by atoms with van der Waals surface area (Å²) in [5.74, 6) is -0.487. The van der Waals surface area contributed by atoms with Crippen LogP contribution in [0.15, 0.2) is 53.6 Å². The van der Waals surface area contributed by atoms with E-state index in [0.717, 1.165) is 17.3 Å². The Hall–Kier alpha value is -3.29. The molecule has 1 aliphatic rings. The van der Waals surface area contributed by atoms with E-state index in [0.29, 0.717) is 16.9 Å². The van der Waals surface area contributed by atoms with Crippen molar-refractivity contribution < 1.29 is 13.9 Å². The maximum absolute atomic E-state index is 14.6. The standard InChI is InChI=1S/C21H16FN3O2S/c1-12-18(11-23)28-21(24-2)19(12)20(26)25-17-8-7-14(10-16(17)22)13-5-4-6-15(9-13)27-3/h4-10,18,21H,1,3H3,(H,25,26). The first-order chi connectivity index (χ1) is 13.5. The largest absolute Gasteiger partial charge is 0.497 e. The molecule has 2 aromatic carbocycles. The lowest BCUT2D eigenvalue weighted by Gasteiger charge is -2.10. The van der Waals surface area contributed by atoms with Crippen molar-refractivity contribution in [1.82, 2.24) is 0 Å². The van der Waals surface area contributed by atoms with Gasteiger partial charge < -0.3 is 10.1 Å². The predicted molar refractivity (Wildman–Crippen MR) is 107 cm³/mol. The number of thioether (sulfide) groups is 1. The quantitative estimate of drug-likeness (QED) is 0.769. The molecule has 28 heavy (non-hydrogen) atoms. The van der Waals surface area contributed by atoms with Crippen molar-refractivity contribution in [3.8, 4) is 22.9 Å². The number of halogens is 1. The molecule has 0 saturated heterocycles. The van der Waals surface area contributed by atoms with Gasteiger partial charge in [-0.05, 0) is 59.7 Å².